The highest BCUT2D eigenvalue weighted by atomic mass is 35.5. The Morgan fingerprint density at radius 3 is 2.64 bits per heavy atom. The summed E-state index contributed by atoms with van der Waals surface area (Å²) in [6.45, 7) is 4.27. The molecule has 0 aliphatic rings. The SMILES string of the molecule is CNC(C)CNC(=O)c1cc2ccc(F)cc2nc1C.Cl.Cl. The van der Waals surface area contributed by atoms with Crippen molar-refractivity contribution in [3.8, 4) is 0 Å². The smallest absolute Gasteiger partial charge is 0.253 e. The van der Waals surface area contributed by atoms with Gasteiger partial charge in [-0.2, -0.15) is 0 Å². The number of pyridine rings is 1. The first kappa shape index (κ1) is 20.6. The molecule has 0 spiro atoms. The van der Waals surface area contributed by atoms with Gasteiger partial charge >= 0.3 is 0 Å². The molecule has 1 atom stereocenters. The Hall–Kier alpha value is -1.43. The minimum Gasteiger partial charge on any atom is -0.350 e. The number of carbonyl (C=O) groups excluding carboxylic acids is 1. The molecule has 122 valence electrons. The number of hydrogen-bond donors (Lipinski definition) is 2. The first-order valence-electron chi connectivity index (χ1n) is 6.53. The number of fused-ring (bicyclic) bond motifs is 1. The standard InChI is InChI=1S/C15H18FN3O.2ClH/c1-9(17-3)8-18-15(20)13-6-11-4-5-12(16)7-14(11)19-10(13)2;;/h4-7,9,17H,8H2,1-3H3,(H,18,20);2*1H. The number of halogens is 3. The van der Waals surface area contributed by atoms with Crippen LogP contribution in [0.5, 0.6) is 0 Å². The predicted octanol–water partition coefficient (Wildman–Crippen LogP) is 2.86. The number of aromatic nitrogens is 1. The molecule has 0 aliphatic carbocycles. The Bertz CT molecular complexity index is 652. The van der Waals surface area contributed by atoms with Gasteiger partial charge in [-0.1, -0.05) is 0 Å². The molecule has 22 heavy (non-hydrogen) atoms. The van der Waals surface area contributed by atoms with Gasteiger partial charge in [0.25, 0.3) is 5.91 Å². The molecular formula is C15H20Cl2FN3O. The Morgan fingerprint density at radius 2 is 2.00 bits per heavy atom. The number of rotatable bonds is 4. The number of benzene rings is 1. The highest BCUT2D eigenvalue weighted by Crippen LogP contribution is 2.17. The predicted molar refractivity (Wildman–Crippen MR) is 91.8 cm³/mol. The second-order valence-corrected chi connectivity index (χ2v) is 4.86. The Labute approximate surface area is 141 Å². The minimum absolute atomic E-state index is 0. The molecule has 0 bridgehead atoms. The van der Waals surface area contributed by atoms with Crippen LogP contribution in [-0.4, -0.2) is 30.5 Å². The second kappa shape index (κ2) is 8.88. The lowest BCUT2D eigenvalue weighted by Crippen LogP contribution is -2.37. The number of likely N-dealkylation sites (N-methyl/N-ethyl adjacent to an activating group) is 1. The van der Waals surface area contributed by atoms with E-state index in [2.05, 4.69) is 15.6 Å². The van der Waals surface area contributed by atoms with Crippen LogP contribution in [0.4, 0.5) is 4.39 Å². The number of amides is 1. The van der Waals surface area contributed by atoms with Gasteiger partial charge < -0.3 is 10.6 Å². The molecule has 1 amide bonds. The van der Waals surface area contributed by atoms with E-state index in [9.17, 15) is 9.18 Å². The van der Waals surface area contributed by atoms with Gasteiger partial charge in [-0.15, -0.1) is 24.8 Å². The van der Waals surface area contributed by atoms with Crippen molar-refractivity contribution in [3.63, 3.8) is 0 Å². The van der Waals surface area contributed by atoms with Crippen molar-refractivity contribution in [1.29, 1.82) is 0 Å². The van der Waals surface area contributed by atoms with E-state index >= 15 is 0 Å². The van der Waals surface area contributed by atoms with E-state index in [1.54, 1.807) is 19.1 Å². The molecular weight excluding hydrogens is 328 g/mol. The van der Waals surface area contributed by atoms with Crippen LogP contribution in [0.3, 0.4) is 0 Å². The summed E-state index contributed by atoms with van der Waals surface area (Å²) < 4.78 is 13.1. The maximum absolute atomic E-state index is 13.1. The third kappa shape index (κ3) is 4.80. The van der Waals surface area contributed by atoms with E-state index < -0.39 is 0 Å². The summed E-state index contributed by atoms with van der Waals surface area (Å²) in [7, 11) is 1.84. The summed E-state index contributed by atoms with van der Waals surface area (Å²) in [5.74, 6) is -0.493. The van der Waals surface area contributed by atoms with Crippen molar-refractivity contribution < 1.29 is 9.18 Å². The van der Waals surface area contributed by atoms with Crippen LogP contribution in [0.15, 0.2) is 24.3 Å². The molecule has 0 saturated heterocycles. The number of nitrogens with one attached hydrogen (secondary N) is 2. The van der Waals surface area contributed by atoms with Crippen molar-refractivity contribution in [3.05, 3.63) is 41.3 Å². The zero-order valence-corrected chi connectivity index (χ0v) is 14.3. The maximum Gasteiger partial charge on any atom is 0.253 e. The lowest BCUT2D eigenvalue weighted by atomic mass is 10.1. The van der Waals surface area contributed by atoms with Crippen molar-refractivity contribution in [2.75, 3.05) is 13.6 Å². The first-order chi connectivity index (χ1) is 9.51. The Morgan fingerprint density at radius 1 is 1.32 bits per heavy atom. The van der Waals surface area contributed by atoms with E-state index in [-0.39, 0.29) is 42.6 Å². The molecule has 0 radical (unpaired) electrons. The van der Waals surface area contributed by atoms with Crippen molar-refractivity contribution in [2.24, 2.45) is 0 Å². The largest absolute Gasteiger partial charge is 0.350 e. The van der Waals surface area contributed by atoms with Gasteiger partial charge in [0.15, 0.2) is 0 Å². The van der Waals surface area contributed by atoms with Crippen LogP contribution in [-0.2, 0) is 0 Å². The average molecular weight is 348 g/mol. The lowest BCUT2D eigenvalue weighted by Gasteiger charge is -2.12. The third-order valence-corrected chi connectivity index (χ3v) is 3.28. The fourth-order valence-corrected chi connectivity index (χ4v) is 1.91. The summed E-state index contributed by atoms with van der Waals surface area (Å²) >= 11 is 0. The quantitative estimate of drug-likeness (QED) is 0.893. The van der Waals surface area contributed by atoms with Gasteiger partial charge in [0.2, 0.25) is 0 Å². The van der Waals surface area contributed by atoms with Crippen LogP contribution >= 0.6 is 24.8 Å². The van der Waals surface area contributed by atoms with Crippen molar-refractivity contribution in [1.82, 2.24) is 15.6 Å². The number of aryl methyl sites for hydroxylation is 1. The topological polar surface area (TPSA) is 54.0 Å². The molecule has 0 aliphatic heterocycles. The molecule has 1 aromatic carbocycles. The number of nitrogens with zero attached hydrogens (tertiary/aromatic N) is 1. The van der Waals surface area contributed by atoms with E-state index in [0.717, 1.165) is 5.39 Å². The maximum atomic E-state index is 13.1. The molecule has 4 nitrogen and oxygen atoms in total. The van der Waals surface area contributed by atoms with Crippen molar-refractivity contribution >= 4 is 41.6 Å². The number of hydrogen-bond acceptors (Lipinski definition) is 3. The monoisotopic (exact) mass is 347 g/mol. The summed E-state index contributed by atoms with van der Waals surface area (Å²) in [6, 6.07) is 6.31. The van der Waals surface area contributed by atoms with Crippen LogP contribution in [0, 0.1) is 12.7 Å². The number of carbonyl (C=O) groups is 1. The molecule has 2 aromatic rings. The molecule has 0 fully saturated rings. The van der Waals surface area contributed by atoms with Gasteiger partial charge in [0.1, 0.15) is 5.82 Å². The molecule has 0 saturated carbocycles. The highest BCUT2D eigenvalue weighted by molar-refractivity contribution is 5.98. The summed E-state index contributed by atoms with van der Waals surface area (Å²) in [4.78, 5) is 16.4. The van der Waals surface area contributed by atoms with Crippen LogP contribution in [0.25, 0.3) is 10.9 Å². The van der Waals surface area contributed by atoms with E-state index in [4.69, 9.17) is 0 Å². The van der Waals surface area contributed by atoms with Gasteiger partial charge in [0, 0.05) is 24.0 Å². The molecule has 2 rings (SSSR count). The fourth-order valence-electron chi connectivity index (χ4n) is 1.91. The van der Waals surface area contributed by atoms with Crippen molar-refractivity contribution in [2.45, 2.75) is 19.9 Å². The van der Waals surface area contributed by atoms with Crippen LogP contribution in [0.2, 0.25) is 0 Å². The first-order valence-corrected chi connectivity index (χ1v) is 6.53. The summed E-state index contributed by atoms with van der Waals surface area (Å²) in [5, 5.41) is 6.65. The summed E-state index contributed by atoms with van der Waals surface area (Å²) in [5.41, 5.74) is 1.67. The van der Waals surface area contributed by atoms with Gasteiger partial charge in [-0.3, -0.25) is 9.78 Å². The fraction of sp³-hybridized carbons (Fsp3) is 0.333. The van der Waals surface area contributed by atoms with E-state index in [1.807, 2.05) is 14.0 Å². The molecule has 7 heteroatoms. The third-order valence-electron chi connectivity index (χ3n) is 3.28. The molecule has 1 heterocycles. The lowest BCUT2D eigenvalue weighted by molar-refractivity contribution is 0.0949. The normalized spacial score (nSPS) is 11.3. The zero-order valence-electron chi connectivity index (χ0n) is 12.6. The van der Waals surface area contributed by atoms with E-state index in [0.29, 0.717) is 23.3 Å². The van der Waals surface area contributed by atoms with Gasteiger partial charge in [0.05, 0.1) is 16.8 Å². The van der Waals surface area contributed by atoms with Gasteiger partial charge in [-0.25, -0.2) is 4.39 Å². The average Bonchev–Trinajstić information content (AvgIpc) is 2.43. The van der Waals surface area contributed by atoms with Gasteiger partial charge in [-0.05, 0) is 39.1 Å². The van der Waals surface area contributed by atoms with Crippen LogP contribution in [0.1, 0.15) is 23.0 Å². The van der Waals surface area contributed by atoms with E-state index in [1.165, 1.54) is 12.1 Å². The highest BCUT2D eigenvalue weighted by Gasteiger charge is 2.12. The zero-order chi connectivity index (χ0) is 14.7. The molecule has 1 unspecified atom stereocenters. The minimum atomic E-state index is -0.329. The second-order valence-electron chi connectivity index (χ2n) is 4.86. The summed E-state index contributed by atoms with van der Waals surface area (Å²) in [6.07, 6.45) is 0. The Balaban J connectivity index is 0.00000220. The molecule has 2 N–H and O–H groups in total. The van der Waals surface area contributed by atoms with Crippen LogP contribution < -0.4 is 10.6 Å². The molecule has 1 aromatic heterocycles. The Kier molecular flexibility index (Phi) is 8.30.